The number of amides is 1. The SMILES string of the molecule is Cc1c(C(=O)N(CC(C)O)C(C)C)cnn1-c1ccccc1Cl. The van der Waals surface area contributed by atoms with Crippen molar-refractivity contribution < 1.29 is 9.90 Å². The van der Waals surface area contributed by atoms with E-state index in [4.69, 9.17) is 11.6 Å². The Labute approximate surface area is 141 Å². The second-order valence-corrected chi connectivity index (χ2v) is 6.31. The van der Waals surface area contributed by atoms with E-state index < -0.39 is 6.10 Å². The topological polar surface area (TPSA) is 58.4 Å². The molecular weight excluding hydrogens is 314 g/mol. The fourth-order valence-corrected chi connectivity index (χ4v) is 2.67. The van der Waals surface area contributed by atoms with E-state index in [1.165, 1.54) is 0 Å². The van der Waals surface area contributed by atoms with Gasteiger partial charge in [0.1, 0.15) is 0 Å². The summed E-state index contributed by atoms with van der Waals surface area (Å²) in [5.41, 5.74) is 1.97. The lowest BCUT2D eigenvalue weighted by Crippen LogP contribution is -2.41. The van der Waals surface area contributed by atoms with Gasteiger partial charge in [-0.05, 0) is 39.8 Å². The van der Waals surface area contributed by atoms with Gasteiger partial charge in [0.25, 0.3) is 5.91 Å². The minimum absolute atomic E-state index is 0.0137. The maximum absolute atomic E-state index is 12.8. The second kappa shape index (κ2) is 7.15. The Hall–Kier alpha value is -1.85. The lowest BCUT2D eigenvalue weighted by Gasteiger charge is -2.27. The lowest BCUT2D eigenvalue weighted by atomic mass is 10.2. The fraction of sp³-hybridized carbons (Fsp3) is 0.412. The van der Waals surface area contributed by atoms with Crippen LogP contribution < -0.4 is 0 Å². The number of rotatable bonds is 5. The Kier molecular flexibility index (Phi) is 5.44. The molecule has 0 aliphatic carbocycles. The number of halogens is 1. The van der Waals surface area contributed by atoms with Crippen molar-refractivity contribution in [2.45, 2.75) is 39.8 Å². The van der Waals surface area contributed by atoms with Crippen molar-refractivity contribution in [1.29, 1.82) is 0 Å². The largest absolute Gasteiger partial charge is 0.392 e. The van der Waals surface area contributed by atoms with Crippen LogP contribution in [0.15, 0.2) is 30.5 Å². The molecule has 1 aromatic carbocycles. The Morgan fingerprint density at radius 1 is 1.35 bits per heavy atom. The summed E-state index contributed by atoms with van der Waals surface area (Å²) in [6.45, 7) is 7.64. The van der Waals surface area contributed by atoms with Gasteiger partial charge in [0.15, 0.2) is 0 Å². The number of para-hydroxylation sites is 1. The van der Waals surface area contributed by atoms with E-state index in [-0.39, 0.29) is 18.5 Å². The average molecular weight is 336 g/mol. The molecule has 0 aliphatic rings. The number of aliphatic hydroxyl groups excluding tert-OH is 1. The van der Waals surface area contributed by atoms with E-state index in [0.717, 1.165) is 11.4 Å². The van der Waals surface area contributed by atoms with Crippen LogP contribution in [-0.4, -0.2) is 44.4 Å². The number of carbonyl (C=O) groups excluding carboxylic acids is 1. The first kappa shape index (κ1) is 17.5. The minimum Gasteiger partial charge on any atom is -0.392 e. The van der Waals surface area contributed by atoms with Crippen molar-refractivity contribution in [2.75, 3.05) is 6.54 Å². The quantitative estimate of drug-likeness (QED) is 0.913. The molecule has 1 heterocycles. The van der Waals surface area contributed by atoms with Crippen molar-refractivity contribution >= 4 is 17.5 Å². The van der Waals surface area contributed by atoms with Gasteiger partial charge in [0, 0.05) is 12.6 Å². The normalized spacial score (nSPS) is 12.5. The van der Waals surface area contributed by atoms with Crippen molar-refractivity contribution in [3.8, 4) is 5.69 Å². The molecule has 2 aromatic rings. The summed E-state index contributed by atoms with van der Waals surface area (Å²) in [6.07, 6.45) is 0.971. The smallest absolute Gasteiger partial charge is 0.257 e. The molecule has 0 aliphatic heterocycles. The summed E-state index contributed by atoms with van der Waals surface area (Å²) in [5, 5.41) is 14.5. The van der Waals surface area contributed by atoms with E-state index >= 15 is 0 Å². The van der Waals surface area contributed by atoms with Gasteiger partial charge in [0.2, 0.25) is 0 Å². The van der Waals surface area contributed by atoms with Gasteiger partial charge in [-0.2, -0.15) is 5.10 Å². The van der Waals surface area contributed by atoms with Gasteiger partial charge in [0.05, 0.1) is 34.3 Å². The van der Waals surface area contributed by atoms with Crippen molar-refractivity contribution in [3.63, 3.8) is 0 Å². The molecule has 0 bridgehead atoms. The van der Waals surface area contributed by atoms with E-state index in [2.05, 4.69) is 5.10 Å². The summed E-state index contributed by atoms with van der Waals surface area (Å²) >= 11 is 6.21. The van der Waals surface area contributed by atoms with E-state index in [1.807, 2.05) is 39.0 Å². The number of carbonyl (C=O) groups is 1. The fourth-order valence-electron chi connectivity index (χ4n) is 2.45. The molecule has 1 aromatic heterocycles. The number of benzene rings is 1. The highest BCUT2D eigenvalue weighted by molar-refractivity contribution is 6.32. The van der Waals surface area contributed by atoms with Crippen LogP contribution in [0.1, 0.15) is 36.8 Å². The molecule has 1 N–H and O–H groups in total. The summed E-state index contributed by atoms with van der Waals surface area (Å²) < 4.78 is 1.66. The molecule has 1 unspecified atom stereocenters. The highest BCUT2D eigenvalue weighted by Gasteiger charge is 2.24. The van der Waals surface area contributed by atoms with E-state index in [0.29, 0.717) is 10.6 Å². The third-order valence-electron chi connectivity index (χ3n) is 3.67. The molecule has 0 saturated heterocycles. The van der Waals surface area contributed by atoms with Gasteiger partial charge in [-0.3, -0.25) is 4.79 Å². The first-order chi connectivity index (χ1) is 10.8. The first-order valence-corrected chi connectivity index (χ1v) is 7.99. The van der Waals surface area contributed by atoms with Crippen molar-refractivity contribution in [3.05, 3.63) is 46.7 Å². The van der Waals surface area contributed by atoms with Crippen molar-refractivity contribution in [2.24, 2.45) is 0 Å². The molecule has 1 amide bonds. The minimum atomic E-state index is -0.583. The highest BCUT2D eigenvalue weighted by Crippen LogP contribution is 2.23. The zero-order valence-corrected chi connectivity index (χ0v) is 14.6. The lowest BCUT2D eigenvalue weighted by molar-refractivity contribution is 0.0578. The maximum atomic E-state index is 12.8. The Morgan fingerprint density at radius 2 is 2.00 bits per heavy atom. The number of aliphatic hydroxyl groups is 1. The van der Waals surface area contributed by atoms with Crippen LogP contribution >= 0.6 is 11.6 Å². The first-order valence-electron chi connectivity index (χ1n) is 7.61. The summed E-state index contributed by atoms with van der Waals surface area (Å²) in [5.74, 6) is -0.142. The molecule has 6 heteroatoms. The predicted molar refractivity (Wildman–Crippen MR) is 91.2 cm³/mol. The molecule has 23 heavy (non-hydrogen) atoms. The summed E-state index contributed by atoms with van der Waals surface area (Å²) in [6, 6.07) is 7.34. The van der Waals surface area contributed by atoms with Crippen molar-refractivity contribution in [1.82, 2.24) is 14.7 Å². The van der Waals surface area contributed by atoms with Crippen LogP contribution in [0.25, 0.3) is 5.69 Å². The third kappa shape index (κ3) is 3.74. The molecule has 5 nitrogen and oxygen atoms in total. The van der Waals surface area contributed by atoms with Gasteiger partial charge in [-0.15, -0.1) is 0 Å². The third-order valence-corrected chi connectivity index (χ3v) is 3.99. The Bertz CT molecular complexity index is 695. The number of nitrogens with zero attached hydrogens (tertiary/aromatic N) is 3. The van der Waals surface area contributed by atoms with Gasteiger partial charge >= 0.3 is 0 Å². The van der Waals surface area contributed by atoms with Crippen LogP contribution in [0, 0.1) is 6.92 Å². The predicted octanol–water partition coefficient (Wildman–Crippen LogP) is 3.07. The molecule has 0 radical (unpaired) electrons. The Balaban J connectivity index is 2.38. The number of hydrogen-bond acceptors (Lipinski definition) is 3. The zero-order valence-electron chi connectivity index (χ0n) is 13.8. The number of aromatic nitrogens is 2. The van der Waals surface area contributed by atoms with Gasteiger partial charge in [-0.1, -0.05) is 23.7 Å². The van der Waals surface area contributed by atoms with Gasteiger partial charge < -0.3 is 10.0 Å². The maximum Gasteiger partial charge on any atom is 0.257 e. The van der Waals surface area contributed by atoms with Gasteiger partial charge in [-0.25, -0.2) is 4.68 Å². The zero-order chi connectivity index (χ0) is 17.1. The van der Waals surface area contributed by atoms with Crippen LogP contribution in [0.3, 0.4) is 0 Å². The molecular formula is C17H22ClN3O2. The van der Waals surface area contributed by atoms with E-state index in [9.17, 15) is 9.90 Å². The monoisotopic (exact) mass is 335 g/mol. The molecule has 0 fully saturated rings. The van der Waals surface area contributed by atoms with Crippen LogP contribution in [-0.2, 0) is 0 Å². The molecule has 0 spiro atoms. The summed E-state index contributed by atoms with van der Waals surface area (Å²) in [4.78, 5) is 14.4. The summed E-state index contributed by atoms with van der Waals surface area (Å²) in [7, 11) is 0. The van der Waals surface area contributed by atoms with Crippen LogP contribution in [0.2, 0.25) is 5.02 Å². The van der Waals surface area contributed by atoms with E-state index in [1.54, 1.807) is 28.8 Å². The average Bonchev–Trinajstić information content (AvgIpc) is 2.86. The Morgan fingerprint density at radius 3 is 2.57 bits per heavy atom. The molecule has 2 rings (SSSR count). The number of hydrogen-bond donors (Lipinski definition) is 1. The second-order valence-electron chi connectivity index (χ2n) is 5.91. The molecule has 124 valence electrons. The highest BCUT2D eigenvalue weighted by atomic mass is 35.5. The van der Waals surface area contributed by atoms with Crippen LogP contribution in [0.5, 0.6) is 0 Å². The molecule has 1 atom stereocenters. The molecule has 0 saturated carbocycles. The standard InChI is InChI=1S/C17H22ClN3O2/c1-11(2)20(10-12(3)22)17(23)14-9-19-21(13(14)4)16-8-6-5-7-15(16)18/h5-9,11-12,22H,10H2,1-4H3. The van der Waals surface area contributed by atoms with Crippen LogP contribution in [0.4, 0.5) is 0 Å².